The maximum atomic E-state index is 12.6. The predicted molar refractivity (Wildman–Crippen MR) is 109 cm³/mol. The molecule has 3 aromatic rings. The summed E-state index contributed by atoms with van der Waals surface area (Å²) in [5.41, 5.74) is 1.72. The van der Waals surface area contributed by atoms with Gasteiger partial charge in [-0.2, -0.15) is 0 Å². The van der Waals surface area contributed by atoms with Gasteiger partial charge in [-0.1, -0.05) is 0 Å². The van der Waals surface area contributed by atoms with Crippen molar-refractivity contribution in [1.82, 2.24) is 19.9 Å². The second-order valence-corrected chi connectivity index (χ2v) is 7.12. The van der Waals surface area contributed by atoms with E-state index in [4.69, 9.17) is 0 Å². The number of carbonyl (C=O) groups excluding carboxylic acids is 1. The first kappa shape index (κ1) is 18.2. The SMILES string of the molecule is CNc1cc(N2C[C@H](O)C[C@@H]2CNC(=O)c2ccc3c(ccn3C)c2)ncn1. The Morgan fingerprint density at radius 1 is 1.29 bits per heavy atom. The van der Waals surface area contributed by atoms with E-state index >= 15 is 0 Å². The van der Waals surface area contributed by atoms with E-state index in [1.54, 1.807) is 7.05 Å². The highest BCUT2D eigenvalue weighted by Gasteiger charge is 2.32. The van der Waals surface area contributed by atoms with Crippen LogP contribution >= 0.6 is 0 Å². The molecule has 3 N–H and O–H groups in total. The van der Waals surface area contributed by atoms with E-state index in [0.717, 1.165) is 16.7 Å². The quantitative estimate of drug-likeness (QED) is 0.619. The third kappa shape index (κ3) is 3.50. The van der Waals surface area contributed by atoms with Gasteiger partial charge in [-0.25, -0.2) is 9.97 Å². The number of rotatable bonds is 5. The Bertz CT molecular complexity index is 1000. The summed E-state index contributed by atoms with van der Waals surface area (Å²) in [7, 11) is 3.78. The van der Waals surface area contributed by atoms with Crippen molar-refractivity contribution >= 4 is 28.4 Å². The van der Waals surface area contributed by atoms with Crippen molar-refractivity contribution in [2.75, 3.05) is 30.4 Å². The predicted octanol–water partition coefficient (Wildman–Crippen LogP) is 1.38. The van der Waals surface area contributed by atoms with Gasteiger partial charge < -0.3 is 25.2 Å². The molecule has 1 aliphatic rings. The number of fused-ring (bicyclic) bond motifs is 1. The number of aliphatic hydroxyl groups is 1. The van der Waals surface area contributed by atoms with Crippen LogP contribution in [0.3, 0.4) is 0 Å². The van der Waals surface area contributed by atoms with Crippen LogP contribution < -0.4 is 15.5 Å². The maximum Gasteiger partial charge on any atom is 0.251 e. The van der Waals surface area contributed by atoms with Crippen molar-refractivity contribution in [2.24, 2.45) is 7.05 Å². The Labute approximate surface area is 163 Å². The van der Waals surface area contributed by atoms with Crippen molar-refractivity contribution in [3.8, 4) is 0 Å². The van der Waals surface area contributed by atoms with Crippen LogP contribution in [0.5, 0.6) is 0 Å². The number of aryl methyl sites for hydroxylation is 1. The Morgan fingerprint density at radius 3 is 2.96 bits per heavy atom. The van der Waals surface area contributed by atoms with Gasteiger partial charge in [0.15, 0.2) is 0 Å². The standard InChI is InChI=1S/C20H24N6O2/c1-21-18-9-19(24-12-23-18)26-11-16(27)8-15(26)10-22-20(28)14-3-4-17-13(7-14)5-6-25(17)2/h3-7,9,12,15-16,27H,8,10-11H2,1-2H3,(H,22,28)(H,21,23,24)/t15-,16-/m1/s1. The topological polar surface area (TPSA) is 95.3 Å². The first-order chi connectivity index (χ1) is 13.5. The molecule has 2 atom stereocenters. The molecule has 28 heavy (non-hydrogen) atoms. The van der Waals surface area contributed by atoms with Gasteiger partial charge in [0.2, 0.25) is 0 Å². The van der Waals surface area contributed by atoms with Crippen LogP contribution in [0.1, 0.15) is 16.8 Å². The molecule has 1 aliphatic heterocycles. The number of benzene rings is 1. The van der Waals surface area contributed by atoms with Crippen molar-refractivity contribution in [3.63, 3.8) is 0 Å². The van der Waals surface area contributed by atoms with Crippen LogP contribution in [0, 0.1) is 0 Å². The summed E-state index contributed by atoms with van der Waals surface area (Å²) in [4.78, 5) is 23.1. The third-order valence-corrected chi connectivity index (χ3v) is 5.24. The Balaban J connectivity index is 1.46. The molecule has 4 rings (SSSR count). The minimum atomic E-state index is -0.449. The number of carbonyl (C=O) groups is 1. The van der Waals surface area contributed by atoms with E-state index in [-0.39, 0.29) is 11.9 Å². The first-order valence-electron chi connectivity index (χ1n) is 9.33. The van der Waals surface area contributed by atoms with E-state index in [1.165, 1.54) is 6.33 Å². The fraction of sp³-hybridized carbons (Fsp3) is 0.350. The number of hydrogen-bond acceptors (Lipinski definition) is 6. The van der Waals surface area contributed by atoms with Crippen molar-refractivity contribution in [3.05, 3.63) is 48.4 Å². The maximum absolute atomic E-state index is 12.6. The Kier molecular flexibility index (Phi) is 4.87. The van der Waals surface area contributed by atoms with E-state index in [2.05, 4.69) is 20.6 Å². The summed E-state index contributed by atoms with van der Waals surface area (Å²) in [6.07, 6.45) is 3.61. The average molecular weight is 380 g/mol. The lowest BCUT2D eigenvalue weighted by atomic mass is 10.1. The summed E-state index contributed by atoms with van der Waals surface area (Å²) in [6.45, 7) is 0.915. The van der Waals surface area contributed by atoms with Crippen LogP contribution in [-0.4, -0.2) is 57.8 Å². The van der Waals surface area contributed by atoms with Crippen molar-refractivity contribution < 1.29 is 9.90 Å². The van der Waals surface area contributed by atoms with E-state index < -0.39 is 6.10 Å². The summed E-state index contributed by atoms with van der Waals surface area (Å²) in [6, 6.07) is 9.50. The summed E-state index contributed by atoms with van der Waals surface area (Å²) < 4.78 is 2.02. The Hall–Kier alpha value is -3.13. The van der Waals surface area contributed by atoms with Crippen LogP contribution in [0.4, 0.5) is 11.6 Å². The van der Waals surface area contributed by atoms with Crippen LogP contribution in [0.15, 0.2) is 42.9 Å². The smallest absolute Gasteiger partial charge is 0.251 e. The van der Waals surface area contributed by atoms with E-state index in [9.17, 15) is 9.90 Å². The molecule has 8 heteroatoms. The number of hydrogen-bond donors (Lipinski definition) is 3. The lowest BCUT2D eigenvalue weighted by Crippen LogP contribution is -2.40. The molecule has 0 saturated carbocycles. The highest BCUT2D eigenvalue weighted by atomic mass is 16.3. The molecule has 146 valence electrons. The lowest BCUT2D eigenvalue weighted by Gasteiger charge is -2.25. The molecule has 0 spiro atoms. The van der Waals surface area contributed by atoms with Crippen LogP contribution in [0.25, 0.3) is 10.9 Å². The number of amides is 1. The highest BCUT2D eigenvalue weighted by molar-refractivity contribution is 5.98. The van der Waals surface area contributed by atoms with E-state index in [1.807, 2.05) is 53.0 Å². The summed E-state index contributed by atoms with van der Waals surface area (Å²) in [5, 5.41) is 17.2. The van der Waals surface area contributed by atoms with Gasteiger partial charge in [-0.05, 0) is 30.7 Å². The molecule has 0 unspecified atom stereocenters. The molecule has 3 heterocycles. The molecule has 0 aliphatic carbocycles. The minimum absolute atomic E-state index is 0.0287. The largest absolute Gasteiger partial charge is 0.391 e. The van der Waals surface area contributed by atoms with Crippen molar-refractivity contribution in [1.29, 1.82) is 0 Å². The second-order valence-electron chi connectivity index (χ2n) is 7.12. The second kappa shape index (κ2) is 7.47. The molecule has 1 aromatic carbocycles. The van der Waals surface area contributed by atoms with Gasteiger partial charge in [0, 0.05) is 55.9 Å². The summed E-state index contributed by atoms with van der Waals surface area (Å²) >= 11 is 0. The number of anilines is 2. The van der Waals surface area contributed by atoms with Gasteiger partial charge in [0.25, 0.3) is 5.91 Å². The van der Waals surface area contributed by atoms with Gasteiger partial charge in [-0.15, -0.1) is 0 Å². The van der Waals surface area contributed by atoms with Gasteiger partial charge in [0.1, 0.15) is 18.0 Å². The third-order valence-electron chi connectivity index (χ3n) is 5.24. The molecule has 0 radical (unpaired) electrons. The molecule has 2 aromatic heterocycles. The van der Waals surface area contributed by atoms with Gasteiger partial charge in [-0.3, -0.25) is 4.79 Å². The van der Waals surface area contributed by atoms with Gasteiger partial charge in [0.05, 0.1) is 12.1 Å². The first-order valence-corrected chi connectivity index (χ1v) is 9.33. The summed E-state index contributed by atoms with van der Waals surface area (Å²) in [5.74, 6) is 1.33. The molecular weight excluding hydrogens is 356 g/mol. The minimum Gasteiger partial charge on any atom is -0.391 e. The molecule has 1 amide bonds. The van der Waals surface area contributed by atoms with Crippen LogP contribution in [-0.2, 0) is 7.05 Å². The number of nitrogens with one attached hydrogen (secondary N) is 2. The zero-order chi connectivity index (χ0) is 19.7. The Morgan fingerprint density at radius 2 is 2.14 bits per heavy atom. The number of aliphatic hydroxyl groups excluding tert-OH is 1. The molecule has 8 nitrogen and oxygen atoms in total. The normalized spacial score (nSPS) is 19.2. The average Bonchev–Trinajstić information content (AvgIpc) is 3.28. The van der Waals surface area contributed by atoms with Gasteiger partial charge >= 0.3 is 0 Å². The zero-order valence-corrected chi connectivity index (χ0v) is 16.0. The molecule has 1 fully saturated rings. The lowest BCUT2D eigenvalue weighted by molar-refractivity contribution is 0.0950. The number of nitrogens with zero attached hydrogens (tertiary/aromatic N) is 4. The molecule has 0 bridgehead atoms. The molecule has 1 saturated heterocycles. The fourth-order valence-corrected chi connectivity index (χ4v) is 3.74. The number of β-amino-alcohol motifs (C(OH)–C–C–N with tert-alkyl or cyclic N) is 1. The number of aromatic nitrogens is 3. The van der Waals surface area contributed by atoms with Crippen LogP contribution in [0.2, 0.25) is 0 Å². The monoisotopic (exact) mass is 380 g/mol. The fourth-order valence-electron chi connectivity index (χ4n) is 3.74. The highest BCUT2D eigenvalue weighted by Crippen LogP contribution is 2.25. The zero-order valence-electron chi connectivity index (χ0n) is 16.0. The van der Waals surface area contributed by atoms with E-state index in [0.29, 0.717) is 30.9 Å². The molecular formula is C20H24N6O2. The van der Waals surface area contributed by atoms with Crippen molar-refractivity contribution in [2.45, 2.75) is 18.6 Å².